The topological polar surface area (TPSA) is 49.4 Å². The molecule has 34 heavy (non-hydrogen) atoms. The summed E-state index contributed by atoms with van der Waals surface area (Å²) in [7, 11) is 0. The van der Waals surface area contributed by atoms with Crippen LogP contribution >= 0.6 is 0 Å². The number of carbonyl (C=O) groups is 2. The molecule has 2 atom stereocenters. The normalized spacial score (nSPS) is 12.6. The van der Waals surface area contributed by atoms with Crippen molar-refractivity contribution in [2.24, 2.45) is 0 Å². The summed E-state index contributed by atoms with van der Waals surface area (Å²) < 4.78 is 0. The first-order chi connectivity index (χ1) is 16.4. The van der Waals surface area contributed by atoms with Crippen LogP contribution in [0, 0.1) is 13.8 Å². The lowest BCUT2D eigenvalue weighted by Crippen LogP contribution is -2.52. The number of nitrogens with zero attached hydrogens (tertiary/aromatic N) is 1. The first kappa shape index (κ1) is 25.2. The standard InChI is InChI=1S/C30H36N2O2/c1-5-24(4)31-30(34)28(19-25-11-7-6-8-12-25)32(21-26-16-14-22(2)15-17-26)29(33)20-27-13-9-10-23(3)18-27/h6-18,24,28H,5,19-21H2,1-4H3,(H,31,34)/t24-,28-/m1/s1. The summed E-state index contributed by atoms with van der Waals surface area (Å²) in [6, 6.07) is 25.5. The van der Waals surface area contributed by atoms with Gasteiger partial charge in [-0.25, -0.2) is 0 Å². The third-order valence-corrected chi connectivity index (χ3v) is 6.18. The predicted octanol–water partition coefficient (Wildman–Crippen LogP) is 5.40. The van der Waals surface area contributed by atoms with E-state index in [1.54, 1.807) is 4.90 Å². The first-order valence-corrected chi connectivity index (χ1v) is 12.1. The number of rotatable bonds is 10. The highest BCUT2D eigenvalue weighted by Crippen LogP contribution is 2.18. The fourth-order valence-electron chi connectivity index (χ4n) is 3.98. The minimum atomic E-state index is -0.602. The third-order valence-electron chi connectivity index (χ3n) is 6.18. The van der Waals surface area contributed by atoms with E-state index >= 15 is 0 Å². The first-order valence-electron chi connectivity index (χ1n) is 12.1. The number of nitrogens with one attached hydrogen (secondary N) is 1. The second-order valence-corrected chi connectivity index (χ2v) is 9.20. The molecule has 0 aliphatic rings. The van der Waals surface area contributed by atoms with Crippen LogP contribution in [0.3, 0.4) is 0 Å². The zero-order valence-corrected chi connectivity index (χ0v) is 20.8. The average molecular weight is 457 g/mol. The zero-order chi connectivity index (χ0) is 24.5. The van der Waals surface area contributed by atoms with Crippen molar-refractivity contribution in [2.75, 3.05) is 0 Å². The van der Waals surface area contributed by atoms with Crippen molar-refractivity contribution in [1.82, 2.24) is 10.2 Å². The lowest BCUT2D eigenvalue weighted by molar-refractivity contribution is -0.141. The summed E-state index contributed by atoms with van der Waals surface area (Å²) >= 11 is 0. The second kappa shape index (κ2) is 12.2. The smallest absolute Gasteiger partial charge is 0.243 e. The molecule has 4 heteroatoms. The van der Waals surface area contributed by atoms with Gasteiger partial charge in [-0.1, -0.05) is 96.9 Å². The molecule has 3 aromatic rings. The van der Waals surface area contributed by atoms with E-state index in [0.29, 0.717) is 13.0 Å². The molecule has 0 fully saturated rings. The van der Waals surface area contributed by atoms with Gasteiger partial charge < -0.3 is 10.2 Å². The van der Waals surface area contributed by atoms with Crippen LogP contribution in [-0.2, 0) is 29.0 Å². The van der Waals surface area contributed by atoms with Gasteiger partial charge >= 0.3 is 0 Å². The summed E-state index contributed by atoms with van der Waals surface area (Å²) in [5.74, 6) is -0.158. The van der Waals surface area contributed by atoms with E-state index in [9.17, 15) is 9.59 Å². The Morgan fingerprint density at radius 1 is 0.824 bits per heavy atom. The summed E-state index contributed by atoms with van der Waals surface area (Å²) in [4.78, 5) is 29.0. The summed E-state index contributed by atoms with van der Waals surface area (Å²) in [6.45, 7) is 8.49. The maximum atomic E-state index is 13.7. The van der Waals surface area contributed by atoms with Gasteiger partial charge in [0.2, 0.25) is 11.8 Å². The molecule has 0 spiro atoms. The van der Waals surface area contributed by atoms with Crippen molar-refractivity contribution in [2.45, 2.75) is 65.6 Å². The molecular weight excluding hydrogens is 420 g/mol. The largest absolute Gasteiger partial charge is 0.352 e. The van der Waals surface area contributed by atoms with Crippen molar-refractivity contribution in [3.8, 4) is 0 Å². The molecular formula is C30H36N2O2. The molecule has 0 heterocycles. The number of hydrogen-bond donors (Lipinski definition) is 1. The fraction of sp³-hybridized carbons (Fsp3) is 0.333. The lowest BCUT2D eigenvalue weighted by Gasteiger charge is -2.32. The van der Waals surface area contributed by atoms with Crippen molar-refractivity contribution in [3.63, 3.8) is 0 Å². The molecule has 0 saturated carbocycles. The summed E-state index contributed by atoms with van der Waals surface area (Å²) in [5, 5.41) is 3.12. The van der Waals surface area contributed by atoms with Crippen LogP contribution in [0.4, 0.5) is 0 Å². The second-order valence-electron chi connectivity index (χ2n) is 9.20. The zero-order valence-electron chi connectivity index (χ0n) is 20.8. The Morgan fingerprint density at radius 3 is 2.15 bits per heavy atom. The molecule has 2 amide bonds. The molecule has 0 radical (unpaired) electrons. The van der Waals surface area contributed by atoms with Gasteiger partial charge in [-0.2, -0.15) is 0 Å². The highest BCUT2D eigenvalue weighted by Gasteiger charge is 2.31. The van der Waals surface area contributed by atoms with E-state index in [1.165, 1.54) is 0 Å². The van der Waals surface area contributed by atoms with Crippen molar-refractivity contribution < 1.29 is 9.59 Å². The molecule has 4 nitrogen and oxygen atoms in total. The fourth-order valence-corrected chi connectivity index (χ4v) is 3.98. The molecule has 0 aliphatic carbocycles. The Kier molecular flexibility index (Phi) is 9.03. The van der Waals surface area contributed by atoms with Gasteiger partial charge in [0.05, 0.1) is 6.42 Å². The van der Waals surface area contributed by atoms with Gasteiger partial charge in [0, 0.05) is 19.0 Å². The molecule has 1 N–H and O–H groups in total. The number of carbonyl (C=O) groups excluding carboxylic acids is 2. The molecule has 178 valence electrons. The Labute approximate surface area is 204 Å². The monoisotopic (exact) mass is 456 g/mol. The van der Waals surface area contributed by atoms with E-state index in [1.807, 2.05) is 107 Å². The number of benzene rings is 3. The maximum Gasteiger partial charge on any atom is 0.243 e. The highest BCUT2D eigenvalue weighted by atomic mass is 16.2. The molecule has 0 saturated heterocycles. The molecule has 3 rings (SSSR count). The van der Waals surface area contributed by atoms with Gasteiger partial charge in [-0.15, -0.1) is 0 Å². The van der Waals surface area contributed by atoms with Gasteiger partial charge in [-0.3, -0.25) is 9.59 Å². The maximum absolute atomic E-state index is 13.7. The minimum Gasteiger partial charge on any atom is -0.352 e. The number of hydrogen-bond acceptors (Lipinski definition) is 2. The number of aryl methyl sites for hydroxylation is 2. The predicted molar refractivity (Wildman–Crippen MR) is 138 cm³/mol. The Morgan fingerprint density at radius 2 is 1.50 bits per heavy atom. The van der Waals surface area contributed by atoms with Crippen LogP contribution in [0.1, 0.15) is 48.1 Å². The van der Waals surface area contributed by atoms with Crippen LogP contribution in [-0.4, -0.2) is 28.8 Å². The van der Waals surface area contributed by atoms with E-state index in [4.69, 9.17) is 0 Å². The van der Waals surface area contributed by atoms with Gasteiger partial charge in [0.15, 0.2) is 0 Å². The molecule has 3 aromatic carbocycles. The van der Waals surface area contributed by atoms with Crippen molar-refractivity contribution in [3.05, 3.63) is 107 Å². The van der Waals surface area contributed by atoms with Crippen LogP contribution in [0.25, 0.3) is 0 Å². The average Bonchev–Trinajstić information content (AvgIpc) is 2.83. The quantitative estimate of drug-likeness (QED) is 0.444. The Hall–Kier alpha value is -3.40. The lowest BCUT2D eigenvalue weighted by atomic mass is 10.0. The highest BCUT2D eigenvalue weighted by molar-refractivity contribution is 5.89. The molecule has 0 bridgehead atoms. The Balaban J connectivity index is 1.96. The van der Waals surface area contributed by atoms with Crippen molar-refractivity contribution >= 4 is 11.8 Å². The van der Waals surface area contributed by atoms with Crippen molar-refractivity contribution in [1.29, 1.82) is 0 Å². The van der Waals surface area contributed by atoms with Gasteiger partial charge in [0.25, 0.3) is 0 Å². The molecule has 0 aliphatic heterocycles. The van der Waals surface area contributed by atoms with Gasteiger partial charge in [0.1, 0.15) is 6.04 Å². The summed E-state index contributed by atoms with van der Waals surface area (Å²) in [6.07, 6.45) is 1.56. The van der Waals surface area contributed by atoms with Crippen LogP contribution < -0.4 is 5.32 Å². The van der Waals surface area contributed by atoms with Crippen LogP contribution in [0.2, 0.25) is 0 Å². The van der Waals surface area contributed by atoms with E-state index < -0.39 is 6.04 Å². The minimum absolute atomic E-state index is 0.0406. The summed E-state index contributed by atoms with van der Waals surface area (Å²) in [5.41, 5.74) is 5.28. The third kappa shape index (κ3) is 7.31. The van der Waals surface area contributed by atoms with Crippen LogP contribution in [0.15, 0.2) is 78.9 Å². The van der Waals surface area contributed by atoms with E-state index in [2.05, 4.69) is 5.32 Å². The molecule has 0 unspecified atom stereocenters. The SMILES string of the molecule is CC[C@@H](C)NC(=O)[C@@H](Cc1ccccc1)N(Cc1ccc(C)cc1)C(=O)Cc1cccc(C)c1. The van der Waals surface area contributed by atoms with Gasteiger partial charge in [-0.05, 0) is 43.9 Å². The molecule has 0 aromatic heterocycles. The Bertz CT molecular complexity index is 1080. The van der Waals surface area contributed by atoms with E-state index in [-0.39, 0.29) is 24.3 Å². The number of amides is 2. The van der Waals surface area contributed by atoms with Crippen LogP contribution in [0.5, 0.6) is 0 Å². The van der Waals surface area contributed by atoms with E-state index in [0.717, 1.165) is 34.2 Å².